The first-order chi connectivity index (χ1) is 16.6. The van der Waals surface area contributed by atoms with Crippen LogP contribution in [0.5, 0.6) is 11.5 Å². The third kappa shape index (κ3) is 4.33. The lowest BCUT2D eigenvalue weighted by Gasteiger charge is -2.22. The maximum Gasteiger partial charge on any atom is 0.339 e. The minimum atomic E-state index is -0.495. The van der Waals surface area contributed by atoms with Crippen LogP contribution in [0.2, 0.25) is 0 Å². The summed E-state index contributed by atoms with van der Waals surface area (Å²) in [5.41, 5.74) is 4.95. The molecule has 0 saturated heterocycles. The molecule has 5 rings (SSSR count). The molecule has 0 bridgehead atoms. The van der Waals surface area contributed by atoms with Gasteiger partial charge in [0.25, 0.3) is 5.91 Å². The maximum atomic E-state index is 13.2. The molecule has 1 amide bonds. The number of carbonyl (C=O) groups is 2. The Balaban J connectivity index is 1.53. The first-order valence-electron chi connectivity index (χ1n) is 11.6. The van der Waals surface area contributed by atoms with Crippen LogP contribution < -0.4 is 14.8 Å². The fourth-order valence-electron chi connectivity index (χ4n) is 4.43. The van der Waals surface area contributed by atoms with E-state index in [-0.39, 0.29) is 19.3 Å². The third-order valence-electron chi connectivity index (χ3n) is 6.02. The van der Waals surface area contributed by atoms with E-state index in [0.717, 1.165) is 70.5 Å². The zero-order chi connectivity index (χ0) is 23.5. The van der Waals surface area contributed by atoms with Gasteiger partial charge in [0.15, 0.2) is 18.1 Å². The molecule has 1 aliphatic carbocycles. The molecule has 7 heteroatoms. The van der Waals surface area contributed by atoms with Gasteiger partial charge in [0.2, 0.25) is 6.79 Å². The summed E-state index contributed by atoms with van der Waals surface area (Å²) in [6.45, 7) is 2.45. The number of hydrogen-bond acceptors (Lipinski definition) is 6. The molecule has 174 valence electrons. The number of aromatic nitrogens is 1. The van der Waals surface area contributed by atoms with Gasteiger partial charge in [0.1, 0.15) is 0 Å². The van der Waals surface area contributed by atoms with E-state index in [4.69, 9.17) is 19.2 Å². The monoisotopic (exact) mass is 458 g/mol. The fraction of sp³-hybridized carbons (Fsp3) is 0.296. The number of rotatable bonds is 6. The van der Waals surface area contributed by atoms with E-state index < -0.39 is 5.97 Å². The summed E-state index contributed by atoms with van der Waals surface area (Å²) in [6, 6.07) is 13.4. The van der Waals surface area contributed by atoms with Crippen LogP contribution in [-0.2, 0) is 16.0 Å². The molecule has 3 aromatic rings. The summed E-state index contributed by atoms with van der Waals surface area (Å²) in [5.74, 6) is 0.669. The second-order valence-electron chi connectivity index (χ2n) is 8.39. The van der Waals surface area contributed by atoms with E-state index in [9.17, 15) is 9.59 Å². The summed E-state index contributed by atoms with van der Waals surface area (Å²) < 4.78 is 16.4. The van der Waals surface area contributed by atoms with E-state index in [1.165, 1.54) is 0 Å². The molecule has 1 aliphatic heterocycles. The number of nitrogens with one attached hydrogen (secondary N) is 1. The highest BCUT2D eigenvalue weighted by Crippen LogP contribution is 2.38. The van der Waals surface area contributed by atoms with Crippen LogP contribution >= 0.6 is 0 Å². The van der Waals surface area contributed by atoms with Crippen molar-refractivity contribution in [1.82, 2.24) is 10.3 Å². The number of para-hydroxylation sites is 1. The average molecular weight is 459 g/mol. The molecule has 0 spiro atoms. The van der Waals surface area contributed by atoms with Crippen LogP contribution in [0.4, 0.5) is 0 Å². The molecule has 7 nitrogen and oxygen atoms in total. The highest BCUT2D eigenvalue weighted by molar-refractivity contribution is 6.07. The van der Waals surface area contributed by atoms with E-state index in [1.54, 1.807) is 0 Å². The number of nitrogens with zero attached hydrogens (tertiary/aromatic N) is 1. The van der Waals surface area contributed by atoms with Gasteiger partial charge in [-0.3, -0.25) is 4.79 Å². The van der Waals surface area contributed by atoms with Gasteiger partial charge in [-0.1, -0.05) is 31.2 Å². The number of carbonyl (C=O) groups excluding carboxylic acids is 2. The average Bonchev–Trinajstić information content (AvgIpc) is 3.33. The smallest absolute Gasteiger partial charge is 0.339 e. The van der Waals surface area contributed by atoms with Crippen molar-refractivity contribution in [3.63, 3.8) is 0 Å². The van der Waals surface area contributed by atoms with E-state index in [1.807, 2.05) is 49.4 Å². The maximum absolute atomic E-state index is 13.2. The first kappa shape index (κ1) is 21.9. The topological polar surface area (TPSA) is 86.8 Å². The van der Waals surface area contributed by atoms with Crippen LogP contribution in [0.3, 0.4) is 0 Å². The summed E-state index contributed by atoms with van der Waals surface area (Å²) in [6.07, 6.45) is 5.37. The molecule has 2 aromatic carbocycles. The quantitative estimate of drug-likeness (QED) is 0.547. The molecule has 1 aromatic heterocycles. The van der Waals surface area contributed by atoms with Gasteiger partial charge in [-0.25, -0.2) is 9.78 Å². The Labute approximate surface area is 197 Å². The molecular formula is C27H26N2O5. The van der Waals surface area contributed by atoms with E-state index in [0.29, 0.717) is 12.1 Å². The Bertz CT molecular complexity index is 1300. The van der Waals surface area contributed by atoms with Gasteiger partial charge >= 0.3 is 5.97 Å². The first-order valence-corrected chi connectivity index (χ1v) is 11.6. The van der Waals surface area contributed by atoms with Crippen molar-refractivity contribution >= 4 is 34.4 Å². The molecule has 0 saturated carbocycles. The molecule has 0 fully saturated rings. The van der Waals surface area contributed by atoms with Crippen molar-refractivity contribution in [1.29, 1.82) is 0 Å². The second-order valence-corrected chi connectivity index (χ2v) is 8.39. The lowest BCUT2D eigenvalue weighted by molar-refractivity contribution is -0.124. The molecular weight excluding hydrogens is 432 g/mol. The Kier molecular flexibility index (Phi) is 6.16. The summed E-state index contributed by atoms with van der Waals surface area (Å²) >= 11 is 0. The fourth-order valence-corrected chi connectivity index (χ4v) is 4.43. The third-order valence-corrected chi connectivity index (χ3v) is 6.02. The standard InChI is InChI=1S/C27H26N2O5/c1-2-12-28-24(30)15-32-27(31)25-19-7-3-4-9-21(19)29-26-18(6-5-8-20(25)26)13-17-10-11-22-23(14-17)34-16-33-22/h3-4,7,9-11,13-14H,2,5-6,8,12,15-16H2,1H3,(H,28,30)/b18-13+. The lowest BCUT2D eigenvalue weighted by atomic mass is 9.86. The van der Waals surface area contributed by atoms with Crippen molar-refractivity contribution in [2.75, 3.05) is 19.9 Å². The van der Waals surface area contributed by atoms with Gasteiger partial charge in [-0.15, -0.1) is 0 Å². The van der Waals surface area contributed by atoms with Crippen LogP contribution in [0.15, 0.2) is 42.5 Å². The Morgan fingerprint density at radius 1 is 1.12 bits per heavy atom. The highest BCUT2D eigenvalue weighted by atomic mass is 16.7. The predicted molar refractivity (Wildman–Crippen MR) is 129 cm³/mol. The molecule has 34 heavy (non-hydrogen) atoms. The Morgan fingerprint density at radius 2 is 1.97 bits per heavy atom. The van der Waals surface area contributed by atoms with E-state index in [2.05, 4.69) is 11.4 Å². The van der Waals surface area contributed by atoms with Crippen molar-refractivity contribution in [2.45, 2.75) is 32.6 Å². The van der Waals surface area contributed by atoms with Gasteiger partial charge in [-0.05, 0) is 66.7 Å². The molecule has 2 aliphatic rings. The summed E-state index contributed by atoms with van der Waals surface area (Å²) in [4.78, 5) is 30.2. The van der Waals surface area contributed by atoms with Crippen LogP contribution in [0.25, 0.3) is 22.6 Å². The SMILES string of the molecule is CCCNC(=O)COC(=O)c1c2c(nc3ccccc13)/C(=C/c1ccc3c(c1)OCO3)CCC2. The number of fused-ring (bicyclic) bond motifs is 3. The summed E-state index contributed by atoms with van der Waals surface area (Å²) in [5, 5.41) is 3.47. The highest BCUT2D eigenvalue weighted by Gasteiger charge is 2.26. The van der Waals surface area contributed by atoms with Gasteiger partial charge in [0, 0.05) is 11.9 Å². The zero-order valence-electron chi connectivity index (χ0n) is 19.1. The van der Waals surface area contributed by atoms with Gasteiger partial charge in [0.05, 0.1) is 16.8 Å². The Hall–Kier alpha value is -3.87. The van der Waals surface area contributed by atoms with Crippen LogP contribution in [-0.4, -0.2) is 36.8 Å². The number of pyridine rings is 1. The number of allylic oxidation sites excluding steroid dienone is 1. The number of ether oxygens (including phenoxy) is 3. The second kappa shape index (κ2) is 9.55. The van der Waals surface area contributed by atoms with Crippen LogP contribution in [0.1, 0.15) is 53.4 Å². The molecule has 0 unspecified atom stereocenters. The van der Waals surface area contributed by atoms with Gasteiger partial charge in [-0.2, -0.15) is 0 Å². The van der Waals surface area contributed by atoms with Crippen molar-refractivity contribution in [3.8, 4) is 11.5 Å². The Morgan fingerprint density at radius 3 is 2.85 bits per heavy atom. The number of hydrogen-bond donors (Lipinski definition) is 1. The van der Waals surface area contributed by atoms with Gasteiger partial charge < -0.3 is 19.5 Å². The minimum absolute atomic E-state index is 0.230. The molecule has 2 heterocycles. The van der Waals surface area contributed by atoms with Crippen molar-refractivity contribution < 1.29 is 23.8 Å². The summed E-state index contributed by atoms with van der Waals surface area (Å²) in [7, 11) is 0. The number of esters is 1. The lowest BCUT2D eigenvalue weighted by Crippen LogP contribution is -2.29. The molecule has 1 N–H and O–H groups in total. The predicted octanol–water partition coefficient (Wildman–Crippen LogP) is 4.52. The largest absolute Gasteiger partial charge is 0.454 e. The number of amides is 1. The normalized spacial score (nSPS) is 15.3. The van der Waals surface area contributed by atoms with Crippen molar-refractivity contribution in [2.24, 2.45) is 0 Å². The number of benzene rings is 2. The zero-order valence-corrected chi connectivity index (χ0v) is 19.1. The van der Waals surface area contributed by atoms with Crippen molar-refractivity contribution in [3.05, 3.63) is 64.8 Å². The van der Waals surface area contributed by atoms with E-state index >= 15 is 0 Å². The van der Waals surface area contributed by atoms with Crippen LogP contribution in [0, 0.1) is 0 Å². The molecule has 0 radical (unpaired) electrons. The molecule has 0 atom stereocenters. The minimum Gasteiger partial charge on any atom is -0.454 e.